The van der Waals surface area contributed by atoms with Crippen LogP contribution < -0.4 is 4.74 Å². The summed E-state index contributed by atoms with van der Waals surface area (Å²) in [6.45, 7) is 1.04. The summed E-state index contributed by atoms with van der Waals surface area (Å²) in [6.07, 6.45) is 3.35. The topological polar surface area (TPSA) is 84.4 Å². The van der Waals surface area contributed by atoms with Crippen LogP contribution in [0.3, 0.4) is 0 Å². The number of benzene rings is 1. The molecule has 0 aromatic heterocycles. The van der Waals surface area contributed by atoms with E-state index in [1.54, 1.807) is 6.07 Å². The quantitative estimate of drug-likeness (QED) is 0.735. The Bertz CT molecular complexity index is 633. The monoisotopic (exact) mass is 305 g/mol. The van der Waals surface area contributed by atoms with Gasteiger partial charge in [-0.1, -0.05) is 6.07 Å². The van der Waals surface area contributed by atoms with Crippen LogP contribution in [-0.4, -0.2) is 52.4 Å². The van der Waals surface area contributed by atoms with Crippen LogP contribution in [0.1, 0.15) is 30.4 Å². The van der Waals surface area contributed by atoms with Crippen LogP contribution in [0.2, 0.25) is 0 Å². The maximum atomic E-state index is 10.5. The first-order valence-electron chi connectivity index (χ1n) is 8.03. The van der Waals surface area contributed by atoms with Crippen molar-refractivity contribution in [3.63, 3.8) is 0 Å². The van der Waals surface area contributed by atoms with E-state index in [1.807, 2.05) is 0 Å². The molecule has 120 valence electrons. The number of aliphatic hydroxyl groups is 1. The maximum Gasteiger partial charge on any atom is 0.165 e. The average molecular weight is 305 g/mol. The number of ether oxygens (including phenoxy) is 1. The second-order valence-corrected chi connectivity index (χ2v) is 7.28. The number of piperidine rings is 1. The van der Waals surface area contributed by atoms with E-state index in [-0.39, 0.29) is 22.7 Å². The molecule has 2 bridgehead atoms. The standard InChI is InChI=1S/C17H21NO3.H2O/c1-18-7-6-17-10-3-5-13(20)16(17)21-15-12(19)4-2-9(14(15)17)8-11(10)18;/h2,4,10-11,13,16,19-20H,3,5-8H2,1H3;1H2. The Balaban J connectivity index is 0.00000125. The Morgan fingerprint density at radius 3 is 2.95 bits per heavy atom. The van der Waals surface area contributed by atoms with Gasteiger partial charge >= 0.3 is 0 Å². The Hall–Kier alpha value is -1.30. The molecule has 4 N–H and O–H groups in total. The first-order valence-corrected chi connectivity index (χ1v) is 8.03. The van der Waals surface area contributed by atoms with Crippen molar-refractivity contribution in [3.05, 3.63) is 23.3 Å². The fourth-order valence-electron chi connectivity index (χ4n) is 5.71. The van der Waals surface area contributed by atoms with Crippen LogP contribution in [0.5, 0.6) is 11.5 Å². The number of hydrogen-bond acceptors (Lipinski definition) is 4. The summed E-state index contributed by atoms with van der Waals surface area (Å²) in [7, 11) is 2.22. The summed E-state index contributed by atoms with van der Waals surface area (Å²) in [5, 5.41) is 20.8. The van der Waals surface area contributed by atoms with Crippen LogP contribution in [0, 0.1) is 5.92 Å². The molecule has 2 aliphatic heterocycles. The third kappa shape index (κ3) is 1.40. The fourth-order valence-corrected chi connectivity index (χ4v) is 5.71. The number of likely N-dealkylation sites (tertiary alicyclic amines) is 1. The summed E-state index contributed by atoms with van der Waals surface area (Å²) in [6, 6.07) is 4.36. The van der Waals surface area contributed by atoms with Crippen molar-refractivity contribution in [1.29, 1.82) is 0 Å². The van der Waals surface area contributed by atoms with Gasteiger partial charge in [0.25, 0.3) is 0 Å². The summed E-state index contributed by atoms with van der Waals surface area (Å²) in [5.41, 5.74) is 2.46. The number of nitrogens with zero attached hydrogens (tertiary/aromatic N) is 1. The van der Waals surface area contributed by atoms with E-state index >= 15 is 0 Å². The maximum absolute atomic E-state index is 10.5. The highest BCUT2D eigenvalue weighted by atomic mass is 16.5. The number of aromatic hydroxyl groups is 1. The van der Waals surface area contributed by atoms with Gasteiger partial charge in [-0.15, -0.1) is 0 Å². The zero-order chi connectivity index (χ0) is 14.4. The molecule has 1 saturated carbocycles. The molecule has 22 heavy (non-hydrogen) atoms. The van der Waals surface area contributed by atoms with Crippen molar-refractivity contribution in [2.45, 2.75) is 49.3 Å². The molecule has 1 aromatic rings. The lowest BCUT2D eigenvalue weighted by Crippen LogP contribution is -2.66. The van der Waals surface area contributed by atoms with E-state index < -0.39 is 6.10 Å². The summed E-state index contributed by atoms with van der Waals surface area (Å²) < 4.78 is 6.14. The van der Waals surface area contributed by atoms with Crippen molar-refractivity contribution in [1.82, 2.24) is 4.90 Å². The van der Waals surface area contributed by atoms with Gasteiger partial charge in [0.15, 0.2) is 11.5 Å². The number of hydrogen-bond donors (Lipinski definition) is 2. The predicted molar refractivity (Wildman–Crippen MR) is 81.3 cm³/mol. The van der Waals surface area contributed by atoms with Crippen LogP contribution in [-0.2, 0) is 11.8 Å². The van der Waals surface area contributed by atoms with Gasteiger partial charge in [-0.05, 0) is 56.8 Å². The highest BCUT2D eigenvalue weighted by molar-refractivity contribution is 5.60. The van der Waals surface area contributed by atoms with Crippen LogP contribution >= 0.6 is 0 Å². The van der Waals surface area contributed by atoms with Crippen molar-refractivity contribution >= 4 is 0 Å². The van der Waals surface area contributed by atoms with E-state index in [4.69, 9.17) is 4.74 Å². The van der Waals surface area contributed by atoms with Crippen molar-refractivity contribution in [3.8, 4) is 11.5 Å². The highest BCUT2D eigenvalue weighted by Crippen LogP contribution is 2.63. The van der Waals surface area contributed by atoms with Gasteiger partial charge in [-0.2, -0.15) is 0 Å². The lowest BCUT2D eigenvalue weighted by molar-refractivity contribution is -0.0993. The van der Waals surface area contributed by atoms with Gasteiger partial charge in [0, 0.05) is 17.0 Å². The molecule has 5 atom stereocenters. The smallest absolute Gasteiger partial charge is 0.165 e. The summed E-state index contributed by atoms with van der Waals surface area (Å²) in [4.78, 5) is 2.48. The van der Waals surface area contributed by atoms with Crippen molar-refractivity contribution < 1.29 is 20.4 Å². The zero-order valence-electron chi connectivity index (χ0n) is 12.7. The minimum Gasteiger partial charge on any atom is -0.504 e. The van der Waals surface area contributed by atoms with E-state index in [0.29, 0.717) is 17.7 Å². The number of aliphatic hydroxyl groups excluding tert-OH is 1. The molecule has 5 heteroatoms. The first kappa shape index (κ1) is 14.3. The first-order chi connectivity index (χ1) is 10.1. The lowest BCUT2D eigenvalue weighted by atomic mass is 9.51. The van der Waals surface area contributed by atoms with E-state index in [0.717, 1.165) is 32.2 Å². The van der Waals surface area contributed by atoms with E-state index in [2.05, 4.69) is 18.0 Å². The highest BCUT2D eigenvalue weighted by Gasteiger charge is 2.65. The van der Waals surface area contributed by atoms with Crippen molar-refractivity contribution in [2.75, 3.05) is 13.6 Å². The third-order valence-corrected chi connectivity index (χ3v) is 6.56. The second kappa shape index (κ2) is 4.37. The molecular weight excluding hydrogens is 282 g/mol. The molecule has 2 heterocycles. The van der Waals surface area contributed by atoms with Gasteiger partial charge in [-0.25, -0.2) is 0 Å². The van der Waals surface area contributed by atoms with Crippen LogP contribution in [0.25, 0.3) is 0 Å². The summed E-state index contributed by atoms with van der Waals surface area (Å²) >= 11 is 0. The molecule has 5 nitrogen and oxygen atoms in total. The normalized spacial score (nSPS) is 41.4. The molecular formula is C17H23NO4. The van der Waals surface area contributed by atoms with Gasteiger partial charge < -0.3 is 25.3 Å². The second-order valence-electron chi connectivity index (χ2n) is 7.28. The van der Waals surface area contributed by atoms with Crippen molar-refractivity contribution in [2.24, 2.45) is 5.92 Å². The number of phenols is 1. The molecule has 4 aliphatic rings. The molecule has 1 saturated heterocycles. The Labute approximate surface area is 129 Å². The fraction of sp³-hybridized carbons (Fsp3) is 0.647. The van der Waals surface area contributed by atoms with Gasteiger partial charge in [0.2, 0.25) is 0 Å². The molecule has 0 radical (unpaired) electrons. The summed E-state index contributed by atoms with van der Waals surface area (Å²) in [5.74, 6) is 1.44. The Kier molecular flexibility index (Phi) is 2.84. The molecule has 0 amide bonds. The minimum absolute atomic E-state index is 0. The van der Waals surface area contributed by atoms with E-state index in [9.17, 15) is 10.2 Å². The Morgan fingerprint density at radius 2 is 2.14 bits per heavy atom. The number of likely N-dealkylation sites (N-methyl/N-ethyl adjacent to an activating group) is 1. The SMILES string of the molecule is CN1CCC23c4c5ccc(O)c4OC2C(O)CCC3C1C5.O. The molecule has 1 aromatic carbocycles. The van der Waals surface area contributed by atoms with Crippen LogP contribution in [0.15, 0.2) is 12.1 Å². The zero-order valence-corrected chi connectivity index (χ0v) is 12.7. The predicted octanol–water partition coefficient (Wildman–Crippen LogP) is 0.597. The average Bonchev–Trinajstić information content (AvgIpc) is 2.83. The minimum atomic E-state index is -0.414. The van der Waals surface area contributed by atoms with Gasteiger partial charge in [-0.3, -0.25) is 0 Å². The third-order valence-electron chi connectivity index (χ3n) is 6.56. The lowest BCUT2D eigenvalue weighted by Gasteiger charge is -2.58. The molecule has 1 spiro atoms. The molecule has 5 unspecified atom stereocenters. The van der Waals surface area contributed by atoms with Crippen LogP contribution in [0.4, 0.5) is 0 Å². The molecule has 5 rings (SSSR count). The Morgan fingerprint density at radius 1 is 1.32 bits per heavy atom. The van der Waals surface area contributed by atoms with E-state index in [1.165, 1.54) is 11.1 Å². The molecule has 2 fully saturated rings. The molecule has 2 aliphatic carbocycles. The largest absolute Gasteiger partial charge is 0.504 e. The van der Waals surface area contributed by atoms with Gasteiger partial charge in [0.1, 0.15) is 6.10 Å². The van der Waals surface area contributed by atoms with Gasteiger partial charge in [0.05, 0.1) is 6.10 Å². The number of phenolic OH excluding ortho intramolecular Hbond substituents is 1. The number of rotatable bonds is 0.